The zero-order valence-corrected chi connectivity index (χ0v) is 15.0. The van der Waals surface area contributed by atoms with Crippen LogP contribution in [-0.2, 0) is 11.3 Å². The van der Waals surface area contributed by atoms with Crippen LogP contribution in [0.5, 0.6) is 0 Å². The molecule has 1 fully saturated rings. The Morgan fingerprint density at radius 2 is 2.00 bits per heavy atom. The van der Waals surface area contributed by atoms with Crippen molar-refractivity contribution in [2.24, 2.45) is 0 Å². The van der Waals surface area contributed by atoms with E-state index < -0.39 is 36.9 Å². The van der Waals surface area contributed by atoms with Crippen LogP contribution in [0.1, 0.15) is 15.9 Å². The van der Waals surface area contributed by atoms with E-state index in [9.17, 15) is 22.8 Å². The predicted molar refractivity (Wildman–Crippen MR) is 96.4 cm³/mol. The fourth-order valence-corrected chi connectivity index (χ4v) is 2.80. The molecule has 0 bridgehead atoms. The number of carbonyl (C=O) groups excluding carboxylic acids is 2. The number of benzene rings is 1. The molecule has 150 valence electrons. The first kappa shape index (κ1) is 20.1. The number of hydrogen-bond donors (Lipinski definition) is 2. The minimum absolute atomic E-state index is 0.195. The van der Waals surface area contributed by atoms with E-state index in [1.54, 1.807) is 12.1 Å². The van der Waals surface area contributed by atoms with E-state index in [1.165, 1.54) is 36.7 Å². The zero-order chi connectivity index (χ0) is 21.0. The summed E-state index contributed by atoms with van der Waals surface area (Å²) in [7, 11) is 0. The van der Waals surface area contributed by atoms with Gasteiger partial charge in [0, 0.05) is 12.7 Å². The van der Waals surface area contributed by atoms with Gasteiger partial charge in [-0.05, 0) is 23.8 Å². The van der Waals surface area contributed by atoms with Gasteiger partial charge in [-0.15, -0.1) is 0 Å². The van der Waals surface area contributed by atoms with Crippen LogP contribution < -0.4 is 10.6 Å². The summed E-state index contributed by atoms with van der Waals surface area (Å²) in [6.45, 7) is -1.07. The highest BCUT2D eigenvalue weighted by Crippen LogP contribution is 2.34. The second-order valence-corrected chi connectivity index (χ2v) is 6.40. The molecule has 10 heteroatoms. The lowest BCUT2D eigenvalue weighted by atomic mass is 9.99. The molecule has 1 unspecified atom stereocenters. The number of pyridine rings is 1. The molecule has 2 N–H and O–H groups in total. The number of alkyl halides is 2. The van der Waals surface area contributed by atoms with Gasteiger partial charge < -0.3 is 15.5 Å². The van der Waals surface area contributed by atoms with Gasteiger partial charge in [-0.2, -0.15) is 5.26 Å². The Kier molecular flexibility index (Phi) is 5.68. The molecular weight excluding hydrogens is 387 g/mol. The smallest absolute Gasteiger partial charge is 0.298 e. The molecule has 1 aliphatic rings. The topological polar surface area (TPSA) is 98.1 Å². The van der Waals surface area contributed by atoms with E-state index in [1.807, 2.05) is 0 Å². The maximum absolute atomic E-state index is 13.2. The van der Waals surface area contributed by atoms with Crippen molar-refractivity contribution in [3.05, 3.63) is 59.7 Å². The maximum Gasteiger partial charge on any atom is 0.298 e. The second-order valence-electron chi connectivity index (χ2n) is 6.40. The summed E-state index contributed by atoms with van der Waals surface area (Å²) < 4.78 is 39.4. The molecular formula is C19H16F3N5O2. The lowest BCUT2D eigenvalue weighted by Gasteiger charge is -2.43. The van der Waals surface area contributed by atoms with Gasteiger partial charge in [-0.1, -0.05) is 12.1 Å². The summed E-state index contributed by atoms with van der Waals surface area (Å²) in [5.41, 5.74) is 1.35. The van der Waals surface area contributed by atoms with E-state index in [2.05, 4.69) is 15.6 Å². The summed E-state index contributed by atoms with van der Waals surface area (Å²) in [5, 5.41) is 14.1. The first-order valence-electron chi connectivity index (χ1n) is 8.59. The average Bonchev–Trinajstić information content (AvgIpc) is 2.70. The van der Waals surface area contributed by atoms with E-state index in [-0.39, 0.29) is 11.4 Å². The number of halogens is 3. The molecule has 1 saturated heterocycles. The van der Waals surface area contributed by atoms with Crippen molar-refractivity contribution in [1.82, 2.24) is 15.2 Å². The fraction of sp³-hybridized carbons (Fsp3) is 0.263. The highest BCUT2D eigenvalue weighted by Gasteiger charge is 2.57. The van der Waals surface area contributed by atoms with Crippen molar-refractivity contribution in [2.75, 3.05) is 18.4 Å². The largest absolute Gasteiger partial charge is 0.379 e. The Labute approximate surface area is 164 Å². The predicted octanol–water partition coefficient (Wildman–Crippen LogP) is 1.93. The third-order valence-electron chi connectivity index (χ3n) is 4.40. The molecule has 1 aliphatic heterocycles. The maximum atomic E-state index is 13.2. The number of anilines is 1. The van der Waals surface area contributed by atoms with Gasteiger partial charge in [-0.3, -0.25) is 14.6 Å². The first-order valence-corrected chi connectivity index (χ1v) is 8.59. The molecule has 2 aromatic rings. The molecule has 0 radical (unpaired) electrons. The van der Waals surface area contributed by atoms with Crippen LogP contribution in [0.4, 0.5) is 18.9 Å². The molecule has 1 aromatic carbocycles. The van der Waals surface area contributed by atoms with Gasteiger partial charge in [-0.25, -0.2) is 13.2 Å². The van der Waals surface area contributed by atoms with Crippen molar-refractivity contribution in [3.8, 4) is 6.07 Å². The first-order chi connectivity index (χ1) is 13.8. The molecule has 3 rings (SSSR count). The van der Waals surface area contributed by atoms with Crippen molar-refractivity contribution < 1.29 is 22.8 Å². The minimum atomic E-state index is -3.24. The summed E-state index contributed by atoms with van der Waals surface area (Å²) >= 11 is 0. The molecule has 0 aliphatic carbocycles. The Morgan fingerprint density at radius 1 is 1.28 bits per heavy atom. The lowest BCUT2D eigenvalue weighted by Crippen LogP contribution is -2.67. The summed E-state index contributed by atoms with van der Waals surface area (Å²) in [4.78, 5) is 29.1. The van der Waals surface area contributed by atoms with Gasteiger partial charge >= 0.3 is 0 Å². The quantitative estimate of drug-likeness (QED) is 0.768. The molecule has 0 saturated carbocycles. The number of hydrogen-bond acceptors (Lipinski definition) is 5. The van der Waals surface area contributed by atoms with Gasteiger partial charge in [0.2, 0.25) is 5.91 Å². The van der Waals surface area contributed by atoms with Gasteiger partial charge in [0.05, 0.1) is 36.6 Å². The van der Waals surface area contributed by atoms with Gasteiger partial charge in [0.15, 0.2) is 6.04 Å². The number of likely N-dealkylation sites (tertiary alicyclic amines) is 1. The van der Waals surface area contributed by atoms with Crippen LogP contribution in [-0.4, -0.2) is 46.8 Å². The molecule has 2 amide bonds. The van der Waals surface area contributed by atoms with Crippen LogP contribution >= 0.6 is 0 Å². The third-order valence-corrected chi connectivity index (χ3v) is 4.40. The molecule has 1 atom stereocenters. The average molecular weight is 403 g/mol. The summed E-state index contributed by atoms with van der Waals surface area (Å²) in [6, 6.07) is 6.81. The van der Waals surface area contributed by atoms with Crippen LogP contribution in [0.15, 0.2) is 42.7 Å². The van der Waals surface area contributed by atoms with Crippen molar-refractivity contribution in [1.29, 1.82) is 5.26 Å². The van der Waals surface area contributed by atoms with Crippen LogP contribution in [0, 0.1) is 17.1 Å². The second kappa shape index (κ2) is 8.18. The standard InChI is InChI=1S/C19H16F3N5O2/c20-13-3-1-12(2-4-13)8-25-15-9-24-6-5-14(15)18(29)26-10-17(28)27-11-19(21,22)16(27)7-23/h1-6,9,16,25H,8,10-11H2,(H,26,29). The molecule has 0 spiro atoms. The number of aromatic nitrogens is 1. The number of rotatable bonds is 6. The Morgan fingerprint density at radius 3 is 2.66 bits per heavy atom. The van der Waals surface area contributed by atoms with Crippen LogP contribution in [0.25, 0.3) is 0 Å². The van der Waals surface area contributed by atoms with Gasteiger partial charge in [0.25, 0.3) is 11.8 Å². The van der Waals surface area contributed by atoms with E-state index in [4.69, 9.17) is 5.26 Å². The Balaban J connectivity index is 1.59. The minimum Gasteiger partial charge on any atom is -0.379 e. The van der Waals surface area contributed by atoms with Crippen LogP contribution in [0.2, 0.25) is 0 Å². The monoisotopic (exact) mass is 403 g/mol. The SMILES string of the molecule is N#CC1N(C(=O)CNC(=O)c2ccncc2NCc2ccc(F)cc2)CC1(F)F. The number of amides is 2. The van der Waals surface area contributed by atoms with Gasteiger partial charge in [0.1, 0.15) is 5.82 Å². The summed E-state index contributed by atoms with van der Waals surface area (Å²) in [5.74, 6) is -4.98. The molecule has 7 nitrogen and oxygen atoms in total. The normalized spacial score (nSPS) is 17.0. The summed E-state index contributed by atoms with van der Waals surface area (Å²) in [6.07, 6.45) is 2.81. The zero-order valence-electron chi connectivity index (χ0n) is 15.0. The molecule has 29 heavy (non-hydrogen) atoms. The van der Waals surface area contributed by atoms with E-state index in [0.717, 1.165) is 10.5 Å². The third kappa shape index (κ3) is 4.45. The number of nitrogens with one attached hydrogen (secondary N) is 2. The fourth-order valence-electron chi connectivity index (χ4n) is 2.80. The highest BCUT2D eigenvalue weighted by molar-refractivity contribution is 6.01. The number of carbonyl (C=O) groups is 2. The van der Waals surface area contributed by atoms with E-state index in [0.29, 0.717) is 12.2 Å². The van der Waals surface area contributed by atoms with E-state index >= 15 is 0 Å². The van der Waals surface area contributed by atoms with Crippen LogP contribution in [0.3, 0.4) is 0 Å². The Hall–Kier alpha value is -3.61. The highest BCUT2D eigenvalue weighted by atomic mass is 19.3. The molecule has 1 aromatic heterocycles. The van der Waals surface area contributed by atoms with Crippen molar-refractivity contribution in [2.45, 2.75) is 18.5 Å². The van der Waals surface area contributed by atoms with Crippen molar-refractivity contribution in [3.63, 3.8) is 0 Å². The Bertz CT molecular complexity index is 959. The van der Waals surface area contributed by atoms with Crippen molar-refractivity contribution >= 4 is 17.5 Å². The molecule has 2 heterocycles. The lowest BCUT2D eigenvalue weighted by molar-refractivity contribution is -0.180. The number of nitrogens with zero attached hydrogens (tertiary/aromatic N) is 3. The number of nitriles is 1.